The number of nitrogen functional groups attached to an aromatic ring is 1. The summed E-state index contributed by atoms with van der Waals surface area (Å²) in [6.07, 6.45) is 1.60. The molecule has 0 aliphatic rings. The first kappa shape index (κ1) is 16.6. The first-order valence-electron chi connectivity index (χ1n) is 6.98. The second kappa shape index (κ2) is 7.11. The van der Waals surface area contributed by atoms with Gasteiger partial charge in [-0.2, -0.15) is 0 Å². The lowest BCUT2D eigenvalue weighted by molar-refractivity contribution is 0.102. The first-order chi connectivity index (χ1) is 11.5. The van der Waals surface area contributed by atoms with Crippen molar-refractivity contribution in [2.75, 3.05) is 11.1 Å². The SMILES string of the molecule is Nc1nccc(-c2cccc(NC(=O)c3cc(Br)cc(Br)c3)c2)n1. The number of carbonyl (C=O) groups is 1. The second-order valence-corrected chi connectivity index (χ2v) is 6.82. The molecule has 1 heterocycles. The normalized spacial score (nSPS) is 10.4. The quantitative estimate of drug-likeness (QED) is 0.619. The number of nitrogens with two attached hydrogens (primary N) is 1. The molecule has 0 saturated carbocycles. The number of nitrogens with one attached hydrogen (secondary N) is 1. The number of benzene rings is 2. The molecule has 0 spiro atoms. The van der Waals surface area contributed by atoms with Gasteiger partial charge >= 0.3 is 0 Å². The molecule has 1 aromatic heterocycles. The molecule has 7 heteroatoms. The van der Waals surface area contributed by atoms with Crippen molar-refractivity contribution in [3.8, 4) is 11.3 Å². The van der Waals surface area contributed by atoms with Crippen molar-refractivity contribution in [2.24, 2.45) is 0 Å². The topological polar surface area (TPSA) is 80.9 Å². The van der Waals surface area contributed by atoms with Crippen LogP contribution in [0, 0.1) is 0 Å². The number of hydrogen-bond acceptors (Lipinski definition) is 4. The van der Waals surface area contributed by atoms with E-state index in [1.54, 1.807) is 24.4 Å². The number of aromatic nitrogens is 2. The average Bonchev–Trinajstić information content (AvgIpc) is 2.54. The number of nitrogens with zero attached hydrogens (tertiary/aromatic N) is 2. The number of halogens is 2. The van der Waals surface area contributed by atoms with E-state index in [0.29, 0.717) is 16.9 Å². The number of hydrogen-bond donors (Lipinski definition) is 2. The average molecular weight is 448 g/mol. The molecule has 0 aliphatic carbocycles. The van der Waals surface area contributed by atoms with Gasteiger partial charge in [-0.3, -0.25) is 4.79 Å². The first-order valence-corrected chi connectivity index (χ1v) is 8.56. The Bertz CT molecular complexity index is 894. The van der Waals surface area contributed by atoms with Crippen molar-refractivity contribution in [1.82, 2.24) is 9.97 Å². The maximum atomic E-state index is 12.4. The van der Waals surface area contributed by atoms with E-state index in [4.69, 9.17) is 5.73 Å². The lowest BCUT2D eigenvalue weighted by Gasteiger charge is -2.08. The summed E-state index contributed by atoms with van der Waals surface area (Å²) in [6, 6.07) is 14.6. The van der Waals surface area contributed by atoms with E-state index in [9.17, 15) is 4.79 Å². The fourth-order valence-electron chi connectivity index (χ4n) is 2.18. The third-order valence-electron chi connectivity index (χ3n) is 3.22. The molecule has 0 saturated heterocycles. The number of rotatable bonds is 3. The highest BCUT2D eigenvalue weighted by Crippen LogP contribution is 2.23. The molecule has 0 atom stereocenters. The summed E-state index contributed by atoms with van der Waals surface area (Å²) in [7, 11) is 0. The van der Waals surface area contributed by atoms with Crippen LogP contribution >= 0.6 is 31.9 Å². The van der Waals surface area contributed by atoms with E-state index < -0.39 is 0 Å². The molecule has 3 rings (SSSR count). The van der Waals surface area contributed by atoms with Gasteiger partial charge in [0.15, 0.2) is 0 Å². The zero-order valence-corrected chi connectivity index (χ0v) is 15.5. The summed E-state index contributed by atoms with van der Waals surface area (Å²) >= 11 is 6.76. The van der Waals surface area contributed by atoms with Crippen LogP contribution in [0.2, 0.25) is 0 Å². The van der Waals surface area contributed by atoms with Crippen LogP contribution in [0.4, 0.5) is 11.6 Å². The molecule has 0 radical (unpaired) electrons. The standard InChI is InChI=1S/C17H12Br2N4O/c18-12-6-11(7-13(19)9-12)16(24)22-14-3-1-2-10(8-14)15-4-5-21-17(20)23-15/h1-9H,(H,22,24)(H2,20,21,23). The van der Waals surface area contributed by atoms with Gasteiger partial charge in [-0.15, -0.1) is 0 Å². The summed E-state index contributed by atoms with van der Waals surface area (Å²) in [5.41, 5.74) is 8.38. The lowest BCUT2D eigenvalue weighted by Crippen LogP contribution is -2.12. The van der Waals surface area contributed by atoms with Crippen LogP contribution in [-0.4, -0.2) is 15.9 Å². The van der Waals surface area contributed by atoms with Crippen molar-refractivity contribution >= 4 is 49.4 Å². The van der Waals surface area contributed by atoms with Crippen LogP contribution in [-0.2, 0) is 0 Å². The fourth-order valence-corrected chi connectivity index (χ4v) is 3.47. The van der Waals surface area contributed by atoms with Gasteiger partial charge in [0, 0.05) is 32.0 Å². The maximum Gasteiger partial charge on any atom is 0.255 e. The van der Waals surface area contributed by atoms with Gasteiger partial charge in [0.25, 0.3) is 5.91 Å². The molecule has 2 aromatic carbocycles. The monoisotopic (exact) mass is 446 g/mol. The highest BCUT2D eigenvalue weighted by Gasteiger charge is 2.09. The highest BCUT2D eigenvalue weighted by molar-refractivity contribution is 9.11. The van der Waals surface area contributed by atoms with E-state index in [-0.39, 0.29) is 11.9 Å². The van der Waals surface area contributed by atoms with E-state index in [2.05, 4.69) is 47.1 Å². The molecular formula is C17H12Br2N4O. The molecule has 3 aromatic rings. The predicted molar refractivity (Wildman–Crippen MR) is 102 cm³/mol. The Kier molecular flexibility index (Phi) is 4.92. The number of amides is 1. The van der Waals surface area contributed by atoms with Crippen LogP contribution in [0.15, 0.2) is 63.7 Å². The summed E-state index contributed by atoms with van der Waals surface area (Å²) < 4.78 is 1.65. The molecular weight excluding hydrogens is 436 g/mol. The third-order valence-corrected chi connectivity index (χ3v) is 4.13. The lowest BCUT2D eigenvalue weighted by atomic mass is 10.1. The molecule has 3 N–H and O–H groups in total. The Labute approximate surface area is 155 Å². The molecule has 0 bridgehead atoms. The Balaban J connectivity index is 1.85. The van der Waals surface area contributed by atoms with Crippen molar-refractivity contribution in [3.63, 3.8) is 0 Å². The van der Waals surface area contributed by atoms with Gasteiger partial charge in [-0.05, 0) is 36.4 Å². The van der Waals surface area contributed by atoms with Crippen LogP contribution < -0.4 is 11.1 Å². The van der Waals surface area contributed by atoms with Gasteiger partial charge < -0.3 is 11.1 Å². The molecule has 1 amide bonds. The Morgan fingerprint density at radius 2 is 1.79 bits per heavy atom. The van der Waals surface area contributed by atoms with E-state index in [1.165, 1.54) is 0 Å². The van der Waals surface area contributed by atoms with Gasteiger partial charge in [-0.1, -0.05) is 44.0 Å². The fraction of sp³-hybridized carbons (Fsp3) is 0. The number of carbonyl (C=O) groups excluding carboxylic acids is 1. The predicted octanol–water partition coefficient (Wildman–Crippen LogP) is 4.50. The zero-order chi connectivity index (χ0) is 17.1. The minimum absolute atomic E-state index is 0.198. The van der Waals surface area contributed by atoms with Crippen molar-refractivity contribution in [3.05, 3.63) is 69.2 Å². The minimum atomic E-state index is -0.198. The largest absolute Gasteiger partial charge is 0.368 e. The second-order valence-electron chi connectivity index (χ2n) is 4.99. The summed E-state index contributed by atoms with van der Waals surface area (Å²) in [5.74, 6) is 0.0114. The smallest absolute Gasteiger partial charge is 0.255 e. The maximum absolute atomic E-state index is 12.4. The van der Waals surface area contributed by atoms with E-state index in [1.807, 2.05) is 30.3 Å². The zero-order valence-electron chi connectivity index (χ0n) is 12.3. The summed E-state index contributed by atoms with van der Waals surface area (Å²) in [5, 5.41) is 2.88. The van der Waals surface area contributed by atoms with Crippen LogP contribution in [0.25, 0.3) is 11.3 Å². The molecule has 0 unspecified atom stereocenters. The van der Waals surface area contributed by atoms with Crippen molar-refractivity contribution in [2.45, 2.75) is 0 Å². The van der Waals surface area contributed by atoms with Crippen LogP contribution in [0.1, 0.15) is 10.4 Å². The molecule has 0 aliphatic heterocycles. The van der Waals surface area contributed by atoms with Crippen molar-refractivity contribution < 1.29 is 4.79 Å². The Morgan fingerprint density at radius 3 is 2.50 bits per heavy atom. The number of anilines is 2. The minimum Gasteiger partial charge on any atom is -0.368 e. The third kappa shape index (κ3) is 3.98. The van der Waals surface area contributed by atoms with Crippen LogP contribution in [0.5, 0.6) is 0 Å². The van der Waals surface area contributed by atoms with Crippen LogP contribution in [0.3, 0.4) is 0 Å². The Morgan fingerprint density at radius 1 is 1.04 bits per heavy atom. The van der Waals surface area contributed by atoms with E-state index >= 15 is 0 Å². The molecule has 0 fully saturated rings. The summed E-state index contributed by atoms with van der Waals surface area (Å²) in [6.45, 7) is 0. The molecule has 24 heavy (non-hydrogen) atoms. The molecule has 120 valence electrons. The van der Waals surface area contributed by atoms with E-state index in [0.717, 1.165) is 14.5 Å². The van der Waals surface area contributed by atoms with Gasteiger partial charge in [0.1, 0.15) is 0 Å². The Hall–Kier alpha value is -2.25. The van der Waals surface area contributed by atoms with Gasteiger partial charge in [0.2, 0.25) is 5.95 Å². The van der Waals surface area contributed by atoms with Crippen molar-refractivity contribution in [1.29, 1.82) is 0 Å². The van der Waals surface area contributed by atoms with Gasteiger partial charge in [0.05, 0.1) is 5.69 Å². The highest BCUT2D eigenvalue weighted by atomic mass is 79.9. The van der Waals surface area contributed by atoms with Gasteiger partial charge in [-0.25, -0.2) is 9.97 Å². The molecule has 5 nitrogen and oxygen atoms in total. The summed E-state index contributed by atoms with van der Waals surface area (Å²) in [4.78, 5) is 20.5.